The summed E-state index contributed by atoms with van der Waals surface area (Å²) in [5.41, 5.74) is 3.12. The van der Waals surface area contributed by atoms with Gasteiger partial charge < -0.3 is 9.84 Å². The molecule has 6 heteroatoms. The van der Waals surface area contributed by atoms with Crippen LogP contribution in [0.25, 0.3) is 0 Å². The summed E-state index contributed by atoms with van der Waals surface area (Å²) >= 11 is 6.47. The van der Waals surface area contributed by atoms with Gasteiger partial charge >= 0.3 is 0 Å². The summed E-state index contributed by atoms with van der Waals surface area (Å²) in [4.78, 5) is 2.38. The molecule has 0 radical (unpaired) electrons. The number of aliphatic hydroxyl groups is 1. The number of fused-ring (bicyclic) bond motifs is 3. The summed E-state index contributed by atoms with van der Waals surface area (Å²) in [5, 5.41) is 15.4. The Hall–Kier alpha value is -1.56. The van der Waals surface area contributed by atoms with Crippen LogP contribution in [0.15, 0.2) is 24.3 Å². The number of hydrogen-bond donors (Lipinski definition) is 1. The molecule has 0 bridgehead atoms. The van der Waals surface area contributed by atoms with Crippen LogP contribution in [-0.2, 0) is 20.0 Å². The average molecular weight is 362 g/mol. The molecule has 3 heterocycles. The molecule has 1 fully saturated rings. The van der Waals surface area contributed by atoms with Crippen LogP contribution in [0, 0.1) is 5.41 Å². The van der Waals surface area contributed by atoms with Gasteiger partial charge in [0.2, 0.25) is 0 Å². The smallest absolute Gasteiger partial charge is 0.131 e. The number of likely N-dealkylation sites (tertiary alicyclic amines) is 1. The minimum atomic E-state index is -0.241. The molecule has 0 spiro atoms. The van der Waals surface area contributed by atoms with E-state index in [0.717, 1.165) is 43.1 Å². The van der Waals surface area contributed by atoms with Gasteiger partial charge in [-0.1, -0.05) is 36.7 Å². The zero-order valence-corrected chi connectivity index (χ0v) is 15.5. The maximum absolute atomic E-state index is 10.2. The van der Waals surface area contributed by atoms with Crippen LogP contribution in [-0.4, -0.2) is 46.1 Å². The third-order valence-electron chi connectivity index (χ3n) is 5.71. The first-order valence-electron chi connectivity index (χ1n) is 8.83. The van der Waals surface area contributed by atoms with Crippen molar-refractivity contribution in [2.24, 2.45) is 12.5 Å². The number of halogens is 1. The molecule has 5 nitrogen and oxygen atoms in total. The third-order valence-corrected chi connectivity index (χ3v) is 6.18. The van der Waals surface area contributed by atoms with Crippen molar-refractivity contribution in [3.63, 3.8) is 0 Å². The first kappa shape index (κ1) is 16.9. The number of benzene rings is 1. The van der Waals surface area contributed by atoms with Gasteiger partial charge in [-0.05, 0) is 18.1 Å². The minimum Gasteiger partial charge on any atom is -0.493 e. The molecule has 1 N–H and O–H groups in total. The van der Waals surface area contributed by atoms with E-state index in [1.807, 2.05) is 25.2 Å². The van der Waals surface area contributed by atoms with Crippen molar-refractivity contribution < 1.29 is 9.84 Å². The van der Waals surface area contributed by atoms with Gasteiger partial charge in [0.05, 0.1) is 18.9 Å². The Kier molecular flexibility index (Phi) is 4.26. The zero-order chi connectivity index (χ0) is 17.6. The second-order valence-corrected chi connectivity index (χ2v) is 7.62. The Balaban J connectivity index is 1.63. The Labute approximate surface area is 153 Å². The highest BCUT2D eigenvalue weighted by Gasteiger charge is 2.50. The summed E-state index contributed by atoms with van der Waals surface area (Å²) in [6.07, 6.45) is 0.865. The Bertz CT molecular complexity index is 791. The fourth-order valence-corrected chi connectivity index (χ4v) is 4.56. The van der Waals surface area contributed by atoms with E-state index in [9.17, 15) is 5.11 Å². The molecule has 2 atom stereocenters. The monoisotopic (exact) mass is 361 g/mol. The summed E-state index contributed by atoms with van der Waals surface area (Å²) in [6.45, 7) is 5.25. The van der Waals surface area contributed by atoms with Crippen LogP contribution in [0.5, 0.6) is 5.75 Å². The van der Waals surface area contributed by atoms with Gasteiger partial charge in [0, 0.05) is 43.6 Å². The van der Waals surface area contributed by atoms with Gasteiger partial charge in [0.15, 0.2) is 0 Å². The van der Waals surface area contributed by atoms with Gasteiger partial charge in [0.25, 0.3) is 0 Å². The average Bonchev–Trinajstić information content (AvgIpc) is 3.15. The molecule has 0 saturated carbocycles. The number of para-hydroxylation sites is 1. The lowest BCUT2D eigenvalue weighted by Gasteiger charge is -2.38. The predicted molar refractivity (Wildman–Crippen MR) is 97.1 cm³/mol. The number of aliphatic hydroxyl groups excluding tert-OH is 1. The maximum atomic E-state index is 10.2. The zero-order valence-electron chi connectivity index (χ0n) is 14.7. The van der Waals surface area contributed by atoms with Crippen LogP contribution in [0.1, 0.15) is 29.7 Å². The fourth-order valence-electron chi connectivity index (χ4n) is 4.36. The summed E-state index contributed by atoms with van der Waals surface area (Å²) < 4.78 is 7.72. The first-order chi connectivity index (χ1) is 12.1. The summed E-state index contributed by atoms with van der Waals surface area (Å²) in [6, 6.07) is 8.19. The summed E-state index contributed by atoms with van der Waals surface area (Å²) in [5.74, 6) is 1.23. The van der Waals surface area contributed by atoms with Crippen molar-refractivity contribution in [1.82, 2.24) is 14.7 Å². The maximum Gasteiger partial charge on any atom is 0.131 e. The molecule has 2 aromatic rings. The lowest BCUT2D eigenvalue weighted by molar-refractivity contribution is 0.0457. The number of hydrogen-bond acceptors (Lipinski definition) is 4. The molecule has 0 amide bonds. The fraction of sp³-hybridized carbons (Fsp3) is 0.526. The standard InChI is InChI=1S/C19H24ClN3O2/c1-3-16-14(18(20)22(2)21-16)8-23-9-15-13-6-4-5-7-17(13)25-12-19(15,10-23)11-24/h4-7,15,24H,3,8-12H2,1-2H3/t15-,19-/m1/s1. The molecule has 1 aromatic carbocycles. The van der Waals surface area contributed by atoms with Crippen LogP contribution < -0.4 is 4.74 Å². The quantitative estimate of drug-likeness (QED) is 0.909. The van der Waals surface area contributed by atoms with Crippen molar-refractivity contribution in [3.8, 4) is 5.75 Å². The van der Waals surface area contributed by atoms with Crippen molar-refractivity contribution in [2.75, 3.05) is 26.3 Å². The molecule has 1 aromatic heterocycles. The SMILES string of the molecule is CCc1nn(C)c(Cl)c1CN1C[C@@H]2c3ccccc3OC[C@]2(CO)C1. The number of nitrogens with zero attached hydrogens (tertiary/aromatic N) is 3. The van der Waals surface area contributed by atoms with E-state index in [1.165, 1.54) is 5.56 Å². The molecule has 2 aliphatic rings. The number of aromatic nitrogens is 2. The normalized spacial score (nSPS) is 25.5. The molecule has 0 aliphatic carbocycles. The van der Waals surface area contributed by atoms with E-state index in [0.29, 0.717) is 11.8 Å². The van der Waals surface area contributed by atoms with Gasteiger partial charge in [-0.25, -0.2) is 0 Å². The highest BCUT2D eigenvalue weighted by atomic mass is 35.5. The summed E-state index contributed by atoms with van der Waals surface area (Å²) in [7, 11) is 1.88. The minimum absolute atomic E-state index is 0.129. The van der Waals surface area contributed by atoms with Crippen LogP contribution in [0.3, 0.4) is 0 Å². The topological polar surface area (TPSA) is 50.5 Å². The Morgan fingerprint density at radius 3 is 2.96 bits per heavy atom. The molecule has 1 saturated heterocycles. The molecule has 25 heavy (non-hydrogen) atoms. The first-order valence-corrected chi connectivity index (χ1v) is 9.21. The molecular formula is C19H24ClN3O2. The second-order valence-electron chi connectivity index (χ2n) is 7.26. The van der Waals surface area contributed by atoms with E-state index in [1.54, 1.807) is 4.68 Å². The van der Waals surface area contributed by atoms with Crippen LogP contribution in [0.2, 0.25) is 5.15 Å². The van der Waals surface area contributed by atoms with E-state index in [-0.39, 0.29) is 17.9 Å². The van der Waals surface area contributed by atoms with E-state index in [2.05, 4.69) is 23.0 Å². The molecule has 4 rings (SSSR count). The lowest BCUT2D eigenvalue weighted by Crippen LogP contribution is -2.42. The molecule has 0 unspecified atom stereocenters. The van der Waals surface area contributed by atoms with E-state index >= 15 is 0 Å². The van der Waals surface area contributed by atoms with Gasteiger partial charge in [-0.3, -0.25) is 9.58 Å². The molecular weight excluding hydrogens is 338 g/mol. The van der Waals surface area contributed by atoms with Crippen LogP contribution >= 0.6 is 11.6 Å². The Morgan fingerprint density at radius 2 is 2.20 bits per heavy atom. The third kappa shape index (κ3) is 2.65. The number of rotatable bonds is 4. The highest BCUT2D eigenvalue weighted by molar-refractivity contribution is 6.30. The van der Waals surface area contributed by atoms with Crippen molar-refractivity contribution in [3.05, 3.63) is 46.2 Å². The van der Waals surface area contributed by atoms with E-state index in [4.69, 9.17) is 16.3 Å². The number of ether oxygens (including phenoxy) is 1. The van der Waals surface area contributed by atoms with Gasteiger partial charge in [0.1, 0.15) is 10.9 Å². The van der Waals surface area contributed by atoms with Crippen LogP contribution in [0.4, 0.5) is 0 Å². The highest BCUT2D eigenvalue weighted by Crippen LogP contribution is 2.49. The largest absolute Gasteiger partial charge is 0.493 e. The predicted octanol–water partition coefficient (Wildman–Crippen LogP) is 2.61. The van der Waals surface area contributed by atoms with E-state index < -0.39 is 0 Å². The number of aryl methyl sites for hydroxylation is 2. The Morgan fingerprint density at radius 1 is 1.40 bits per heavy atom. The van der Waals surface area contributed by atoms with Crippen molar-refractivity contribution >= 4 is 11.6 Å². The van der Waals surface area contributed by atoms with Gasteiger partial charge in [-0.2, -0.15) is 5.10 Å². The second kappa shape index (κ2) is 6.31. The lowest BCUT2D eigenvalue weighted by atomic mass is 9.74. The molecule has 2 aliphatic heterocycles. The van der Waals surface area contributed by atoms with Gasteiger partial charge in [-0.15, -0.1) is 0 Å². The molecule has 134 valence electrons. The van der Waals surface area contributed by atoms with Crippen molar-refractivity contribution in [1.29, 1.82) is 0 Å². The van der Waals surface area contributed by atoms with Crippen molar-refractivity contribution in [2.45, 2.75) is 25.8 Å².